The van der Waals surface area contributed by atoms with Gasteiger partial charge in [-0.3, -0.25) is 4.79 Å². The van der Waals surface area contributed by atoms with Gasteiger partial charge < -0.3 is 14.1 Å². The first-order valence-corrected chi connectivity index (χ1v) is 7.98. The Kier molecular flexibility index (Phi) is 5.42. The number of hydrogen-bond donors (Lipinski definition) is 0. The van der Waals surface area contributed by atoms with Gasteiger partial charge in [0.1, 0.15) is 11.3 Å². The van der Waals surface area contributed by atoms with Crippen LogP contribution in [0.25, 0.3) is 11.0 Å². The second-order valence-corrected chi connectivity index (χ2v) is 5.36. The first-order valence-electron chi connectivity index (χ1n) is 7.98. The molecule has 0 saturated heterocycles. The predicted octanol–water partition coefficient (Wildman–Crippen LogP) is 2.91. The summed E-state index contributed by atoms with van der Waals surface area (Å²) in [5, 5.41) is 0.909. The van der Waals surface area contributed by atoms with Gasteiger partial charge in [0.25, 0.3) is 5.91 Å². The Labute approximate surface area is 135 Å². The molecule has 1 aromatic carbocycles. The molecule has 0 atom stereocenters. The van der Waals surface area contributed by atoms with E-state index in [2.05, 4.69) is 0 Å². The van der Waals surface area contributed by atoms with E-state index in [0.29, 0.717) is 24.4 Å². The van der Waals surface area contributed by atoms with E-state index in [1.807, 2.05) is 39.8 Å². The van der Waals surface area contributed by atoms with Crippen molar-refractivity contribution >= 4 is 16.9 Å². The van der Waals surface area contributed by atoms with Crippen molar-refractivity contribution in [2.45, 2.75) is 34.1 Å². The van der Waals surface area contributed by atoms with E-state index < -0.39 is 0 Å². The lowest BCUT2D eigenvalue weighted by Crippen LogP contribution is -2.34. The van der Waals surface area contributed by atoms with Gasteiger partial charge in [0.15, 0.2) is 6.61 Å². The molecule has 0 spiro atoms. The van der Waals surface area contributed by atoms with Crippen molar-refractivity contribution in [3.63, 3.8) is 0 Å². The van der Waals surface area contributed by atoms with E-state index in [1.54, 1.807) is 4.90 Å². The minimum Gasteiger partial charge on any atom is -0.483 e. The molecule has 1 aromatic heterocycles. The molecule has 23 heavy (non-hydrogen) atoms. The van der Waals surface area contributed by atoms with Crippen LogP contribution in [0.2, 0.25) is 0 Å². The zero-order valence-corrected chi connectivity index (χ0v) is 14.1. The highest BCUT2D eigenvalue weighted by Crippen LogP contribution is 2.28. The van der Waals surface area contributed by atoms with Gasteiger partial charge in [0.05, 0.1) is 0 Å². The van der Waals surface area contributed by atoms with Crippen molar-refractivity contribution in [2.75, 3.05) is 19.7 Å². The average Bonchev–Trinajstić information content (AvgIpc) is 2.55. The fraction of sp³-hybridized carbons (Fsp3) is 0.444. The Balaban J connectivity index is 2.31. The van der Waals surface area contributed by atoms with Gasteiger partial charge in [-0.25, -0.2) is 4.79 Å². The summed E-state index contributed by atoms with van der Waals surface area (Å²) in [5.74, 6) is 0.507. The van der Waals surface area contributed by atoms with Crippen LogP contribution in [-0.2, 0) is 11.2 Å². The maximum Gasteiger partial charge on any atom is 0.336 e. The average molecular weight is 317 g/mol. The molecule has 0 fully saturated rings. The lowest BCUT2D eigenvalue weighted by atomic mass is 10.0. The summed E-state index contributed by atoms with van der Waals surface area (Å²) in [6.45, 7) is 8.99. The largest absolute Gasteiger partial charge is 0.483 e. The fourth-order valence-electron chi connectivity index (χ4n) is 2.66. The standard InChI is InChI=1S/C18H23NO4/c1-5-13-10-17(21)23-18-12(4)15(9-8-14(13)18)22-11-16(20)19(6-2)7-3/h8-10H,5-7,11H2,1-4H3. The minimum atomic E-state index is -0.367. The number of rotatable bonds is 6. The predicted molar refractivity (Wildman–Crippen MR) is 90.0 cm³/mol. The molecule has 0 N–H and O–H groups in total. The topological polar surface area (TPSA) is 59.8 Å². The molecule has 5 nitrogen and oxygen atoms in total. The monoisotopic (exact) mass is 317 g/mol. The zero-order valence-electron chi connectivity index (χ0n) is 14.1. The third kappa shape index (κ3) is 3.55. The van der Waals surface area contributed by atoms with Crippen molar-refractivity contribution in [2.24, 2.45) is 0 Å². The highest BCUT2D eigenvalue weighted by atomic mass is 16.5. The molecule has 2 aromatic rings. The smallest absolute Gasteiger partial charge is 0.336 e. The molecule has 0 radical (unpaired) electrons. The second-order valence-electron chi connectivity index (χ2n) is 5.36. The van der Waals surface area contributed by atoms with Crippen molar-refractivity contribution in [1.29, 1.82) is 0 Å². The van der Waals surface area contributed by atoms with Crippen LogP contribution in [0.5, 0.6) is 5.75 Å². The van der Waals surface area contributed by atoms with E-state index >= 15 is 0 Å². The van der Waals surface area contributed by atoms with E-state index in [-0.39, 0.29) is 18.1 Å². The van der Waals surface area contributed by atoms with Gasteiger partial charge in [-0.1, -0.05) is 6.92 Å². The highest BCUT2D eigenvalue weighted by Gasteiger charge is 2.14. The van der Waals surface area contributed by atoms with E-state index in [9.17, 15) is 9.59 Å². The number of benzene rings is 1. The summed E-state index contributed by atoms with van der Waals surface area (Å²) in [4.78, 5) is 25.4. The van der Waals surface area contributed by atoms with Crippen LogP contribution < -0.4 is 10.4 Å². The summed E-state index contributed by atoms with van der Waals surface area (Å²) >= 11 is 0. The summed E-state index contributed by atoms with van der Waals surface area (Å²) in [6, 6.07) is 5.22. The normalized spacial score (nSPS) is 10.8. The molecule has 0 unspecified atom stereocenters. The maximum atomic E-state index is 12.0. The van der Waals surface area contributed by atoms with E-state index in [4.69, 9.17) is 9.15 Å². The Bertz CT molecular complexity index is 759. The van der Waals surface area contributed by atoms with Gasteiger partial charge in [-0.15, -0.1) is 0 Å². The quantitative estimate of drug-likeness (QED) is 0.769. The third-order valence-electron chi connectivity index (χ3n) is 4.05. The number of aryl methyl sites for hydroxylation is 2. The number of ether oxygens (including phenoxy) is 1. The first kappa shape index (κ1) is 17.1. The minimum absolute atomic E-state index is 0.0221. The van der Waals surface area contributed by atoms with Crippen molar-refractivity contribution < 1.29 is 13.9 Å². The highest BCUT2D eigenvalue weighted by molar-refractivity contribution is 5.85. The maximum absolute atomic E-state index is 12.0. The van der Waals surface area contributed by atoms with Crippen LogP contribution in [0.1, 0.15) is 31.9 Å². The van der Waals surface area contributed by atoms with Crippen molar-refractivity contribution in [1.82, 2.24) is 4.90 Å². The number of fused-ring (bicyclic) bond motifs is 1. The summed E-state index contributed by atoms with van der Waals surface area (Å²) < 4.78 is 11.0. The first-order chi connectivity index (χ1) is 11.0. The molecular formula is C18H23NO4. The van der Waals surface area contributed by atoms with E-state index in [1.165, 1.54) is 6.07 Å². The summed E-state index contributed by atoms with van der Waals surface area (Å²) in [6.07, 6.45) is 0.752. The van der Waals surface area contributed by atoms with Crippen LogP contribution >= 0.6 is 0 Å². The molecule has 124 valence electrons. The van der Waals surface area contributed by atoms with Gasteiger partial charge in [0.2, 0.25) is 0 Å². The molecule has 0 aliphatic heterocycles. The number of likely N-dealkylation sites (N-methyl/N-ethyl adjacent to an activating group) is 1. The zero-order chi connectivity index (χ0) is 17.0. The van der Waals surface area contributed by atoms with Crippen LogP contribution in [0.4, 0.5) is 0 Å². The summed E-state index contributed by atoms with van der Waals surface area (Å²) in [7, 11) is 0. The van der Waals surface area contributed by atoms with E-state index in [0.717, 1.165) is 22.9 Å². The number of carbonyl (C=O) groups excluding carboxylic acids is 1. The Morgan fingerprint density at radius 2 is 1.91 bits per heavy atom. The van der Waals surface area contributed by atoms with Crippen molar-refractivity contribution in [3.8, 4) is 5.75 Å². The lowest BCUT2D eigenvalue weighted by Gasteiger charge is -2.19. The summed E-state index contributed by atoms with van der Waals surface area (Å²) in [5.41, 5.74) is 1.85. The van der Waals surface area contributed by atoms with Crippen LogP contribution in [0.3, 0.4) is 0 Å². The molecular weight excluding hydrogens is 294 g/mol. The van der Waals surface area contributed by atoms with Crippen LogP contribution in [0.15, 0.2) is 27.4 Å². The van der Waals surface area contributed by atoms with Crippen molar-refractivity contribution in [3.05, 3.63) is 39.7 Å². The van der Waals surface area contributed by atoms with Crippen LogP contribution in [-0.4, -0.2) is 30.5 Å². The number of hydrogen-bond acceptors (Lipinski definition) is 4. The molecule has 0 bridgehead atoms. The number of amides is 1. The van der Waals surface area contributed by atoms with Crippen LogP contribution in [0, 0.1) is 6.92 Å². The van der Waals surface area contributed by atoms with Gasteiger partial charge >= 0.3 is 5.63 Å². The Morgan fingerprint density at radius 1 is 1.22 bits per heavy atom. The Hall–Kier alpha value is -2.30. The lowest BCUT2D eigenvalue weighted by molar-refractivity contribution is -0.132. The molecule has 5 heteroatoms. The molecule has 0 aliphatic carbocycles. The second kappa shape index (κ2) is 7.31. The molecule has 0 saturated carbocycles. The van der Waals surface area contributed by atoms with Gasteiger partial charge in [0, 0.05) is 30.1 Å². The SMILES string of the molecule is CCc1cc(=O)oc2c(C)c(OCC(=O)N(CC)CC)ccc12. The Morgan fingerprint density at radius 3 is 2.52 bits per heavy atom. The number of carbonyl (C=O) groups is 1. The number of nitrogens with zero attached hydrogens (tertiary/aromatic N) is 1. The third-order valence-corrected chi connectivity index (χ3v) is 4.05. The molecule has 1 amide bonds. The molecule has 0 aliphatic rings. The fourth-order valence-corrected chi connectivity index (χ4v) is 2.66. The molecule has 1 heterocycles. The van der Waals surface area contributed by atoms with Gasteiger partial charge in [-0.2, -0.15) is 0 Å². The van der Waals surface area contributed by atoms with Gasteiger partial charge in [-0.05, 0) is 44.9 Å². The molecule has 2 rings (SSSR count).